The molecule has 19 heavy (non-hydrogen) atoms. The molecule has 0 saturated carbocycles. The van der Waals surface area contributed by atoms with E-state index in [0.29, 0.717) is 0 Å². The zero-order valence-corrected chi connectivity index (χ0v) is 11.5. The second kappa shape index (κ2) is 5.43. The molecule has 0 bridgehead atoms. The van der Waals surface area contributed by atoms with Gasteiger partial charge in [0.05, 0.1) is 11.2 Å². The van der Waals surface area contributed by atoms with Crippen LogP contribution in [0.3, 0.4) is 0 Å². The van der Waals surface area contributed by atoms with E-state index in [4.69, 9.17) is 4.98 Å². The van der Waals surface area contributed by atoms with Gasteiger partial charge >= 0.3 is 0 Å². The third kappa shape index (κ3) is 2.62. The van der Waals surface area contributed by atoms with Crippen molar-refractivity contribution in [1.29, 1.82) is 0 Å². The van der Waals surface area contributed by atoms with E-state index in [-0.39, 0.29) is 0 Å². The molecule has 0 radical (unpaired) electrons. The average molecular weight is 252 g/mol. The SMILES string of the molecule is CCCCCN1C=Cc2nc3ccccc3cc2C1. The zero-order chi connectivity index (χ0) is 13.1. The van der Waals surface area contributed by atoms with Gasteiger partial charge in [-0.15, -0.1) is 0 Å². The van der Waals surface area contributed by atoms with E-state index in [1.807, 2.05) is 6.07 Å². The van der Waals surface area contributed by atoms with Crippen molar-refractivity contribution in [3.63, 3.8) is 0 Å². The van der Waals surface area contributed by atoms with Gasteiger partial charge in [0.1, 0.15) is 0 Å². The fourth-order valence-electron chi connectivity index (χ4n) is 2.61. The summed E-state index contributed by atoms with van der Waals surface area (Å²) in [5, 5.41) is 1.24. The van der Waals surface area contributed by atoms with Gasteiger partial charge in [-0.3, -0.25) is 0 Å². The summed E-state index contributed by atoms with van der Waals surface area (Å²) >= 11 is 0. The summed E-state index contributed by atoms with van der Waals surface area (Å²) < 4.78 is 0. The fourth-order valence-corrected chi connectivity index (χ4v) is 2.61. The molecule has 1 aromatic heterocycles. The van der Waals surface area contributed by atoms with Crippen molar-refractivity contribution < 1.29 is 0 Å². The van der Waals surface area contributed by atoms with E-state index in [9.17, 15) is 0 Å². The molecule has 1 aliphatic heterocycles. The second-order valence-corrected chi connectivity index (χ2v) is 5.22. The highest BCUT2D eigenvalue weighted by Gasteiger charge is 2.12. The second-order valence-electron chi connectivity index (χ2n) is 5.22. The summed E-state index contributed by atoms with van der Waals surface area (Å²) in [6, 6.07) is 10.6. The van der Waals surface area contributed by atoms with Crippen molar-refractivity contribution >= 4 is 17.0 Å². The molecular formula is C17H20N2. The number of unbranched alkanes of at least 4 members (excludes halogenated alkanes) is 2. The molecule has 0 aliphatic carbocycles. The maximum atomic E-state index is 4.73. The summed E-state index contributed by atoms with van der Waals surface area (Å²) in [5.41, 5.74) is 3.56. The molecular weight excluding hydrogens is 232 g/mol. The molecule has 2 aromatic rings. The maximum absolute atomic E-state index is 4.73. The van der Waals surface area contributed by atoms with E-state index < -0.39 is 0 Å². The Morgan fingerprint density at radius 1 is 1.21 bits per heavy atom. The first-order valence-electron chi connectivity index (χ1n) is 7.18. The minimum Gasteiger partial charge on any atom is -0.373 e. The number of hydrogen-bond donors (Lipinski definition) is 0. The van der Waals surface area contributed by atoms with Gasteiger partial charge < -0.3 is 4.90 Å². The summed E-state index contributed by atoms with van der Waals surface area (Å²) in [4.78, 5) is 7.13. The van der Waals surface area contributed by atoms with Crippen LogP contribution in [0.1, 0.15) is 37.4 Å². The van der Waals surface area contributed by atoms with Gasteiger partial charge in [0, 0.05) is 24.7 Å². The molecule has 0 fully saturated rings. The van der Waals surface area contributed by atoms with Crippen molar-refractivity contribution in [1.82, 2.24) is 9.88 Å². The van der Waals surface area contributed by atoms with Gasteiger partial charge in [-0.2, -0.15) is 0 Å². The van der Waals surface area contributed by atoms with Crippen LogP contribution in [0.2, 0.25) is 0 Å². The molecule has 3 rings (SSSR count). The predicted octanol–water partition coefficient (Wildman–Crippen LogP) is 4.21. The topological polar surface area (TPSA) is 16.1 Å². The zero-order valence-electron chi connectivity index (χ0n) is 11.5. The smallest absolute Gasteiger partial charge is 0.0709 e. The third-order valence-corrected chi connectivity index (χ3v) is 3.70. The molecule has 2 nitrogen and oxygen atoms in total. The van der Waals surface area contributed by atoms with Crippen LogP contribution in [-0.4, -0.2) is 16.4 Å². The Balaban J connectivity index is 1.82. The molecule has 1 aliphatic rings. The molecule has 2 heteroatoms. The van der Waals surface area contributed by atoms with E-state index >= 15 is 0 Å². The monoisotopic (exact) mass is 252 g/mol. The number of pyridine rings is 1. The predicted molar refractivity (Wildman–Crippen MR) is 80.7 cm³/mol. The van der Waals surface area contributed by atoms with E-state index in [2.05, 4.69) is 48.4 Å². The Bertz CT molecular complexity index is 601. The van der Waals surface area contributed by atoms with Gasteiger partial charge in [-0.1, -0.05) is 38.0 Å². The molecule has 0 saturated heterocycles. The lowest BCUT2D eigenvalue weighted by Gasteiger charge is -2.25. The van der Waals surface area contributed by atoms with Crippen LogP contribution in [0.5, 0.6) is 0 Å². The van der Waals surface area contributed by atoms with Crippen molar-refractivity contribution in [2.45, 2.75) is 32.7 Å². The molecule has 98 valence electrons. The number of hydrogen-bond acceptors (Lipinski definition) is 2. The third-order valence-electron chi connectivity index (χ3n) is 3.70. The number of benzene rings is 1. The Morgan fingerprint density at radius 3 is 3.00 bits per heavy atom. The van der Waals surface area contributed by atoms with Crippen LogP contribution in [0.15, 0.2) is 36.5 Å². The van der Waals surface area contributed by atoms with E-state index in [1.165, 1.54) is 30.2 Å². The molecule has 0 spiro atoms. The van der Waals surface area contributed by atoms with Crippen molar-refractivity contribution in [2.75, 3.05) is 6.54 Å². The van der Waals surface area contributed by atoms with Crippen molar-refractivity contribution in [3.05, 3.63) is 47.8 Å². The van der Waals surface area contributed by atoms with Gasteiger partial charge in [0.15, 0.2) is 0 Å². The average Bonchev–Trinajstić information content (AvgIpc) is 2.45. The number of fused-ring (bicyclic) bond motifs is 2. The first kappa shape index (κ1) is 12.2. The van der Waals surface area contributed by atoms with Crippen LogP contribution < -0.4 is 0 Å². The largest absolute Gasteiger partial charge is 0.373 e. The van der Waals surface area contributed by atoms with Crippen LogP contribution >= 0.6 is 0 Å². The lowest BCUT2D eigenvalue weighted by atomic mass is 10.1. The van der Waals surface area contributed by atoms with Crippen LogP contribution in [-0.2, 0) is 6.54 Å². The molecule has 0 atom stereocenters. The van der Waals surface area contributed by atoms with E-state index in [1.54, 1.807) is 0 Å². The summed E-state index contributed by atoms with van der Waals surface area (Å²) in [7, 11) is 0. The standard InChI is InChI=1S/C17H20N2/c1-2-3-6-10-19-11-9-17-15(13-19)12-14-7-4-5-8-16(14)18-17/h4-5,7-9,11-12H,2-3,6,10,13H2,1H3. The summed E-state index contributed by atoms with van der Waals surface area (Å²) in [6.07, 6.45) is 8.21. The Kier molecular flexibility index (Phi) is 3.49. The number of rotatable bonds is 4. The maximum Gasteiger partial charge on any atom is 0.0709 e. The minimum atomic E-state index is 0.993. The van der Waals surface area contributed by atoms with Crippen LogP contribution in [0.25, 0.3) is 17.0 Å². The van der Waals surface area contributed by atoms with Gasteiger partial charge in [0.25, 0.3) is 0 Å². The quantitative estimate of drug-likeness (QED) is 0.758. The first-order chi connectivity index (χ1) is 9.36. The molecule has 2 heterocycles. The lowest BCUT2D eigenvalue weighted by Crippen LogP contribution is -2.21. The highest BCUT2D eigenvalue weighted by atomic mass is 15.1. The number of nitrogens with zero attached hydrogens (tertiary/aromatic N) is 2. The van der Waals surface area contributed by atoms with Gasteiger partial charge in [-0.25, -0.2) is 4.98 Å². The van der Waals surface area contributed by atoms with Crippen molar-refractivity contribution in [3.8, 4) is 0 Å². The normalized spacial score (nSPS) is 13.8. The van der Waals surface area contributed by atoms with Gasteiger partial charge in [-0.05, 0) is 30.2 Å². The summed E-state index contributed by atoms with van der Waals surface area (Å²) in [5.74, 6) is 0. The molecule has 0 unspecified atom stereocenters. The Labute approximate surface area is 114 Å². The lowest BCUT2D eigenvalue weighted by molar-refractivity contribution is 0.355. The Morgan fingerprint density at radius 2 is 2.11 bits per heavy atom. The molecule has 1 aromatic carbocycles. The van der Waals surface area contributed by atoms with Crippen molar-refractivity contribution in [2.24, 2.45) is 0 Å². The fraction of sp³-hybridized carbons (Fsp3) is 0.353. The number of para-hydroxylation sites is 1. The minimum absolute atomic E-state index is 0.993. The Hall–Kier alpha value is -1.83. The molecule has 0 N–H and O–H groups in total. The number of aromatic nitrogens is 1. The molecule has 0 amide bonds. The highest BCUT2D eigenvalue weighted by Crippen LogP contribution is 2.23. The van der Waals surface area contributed by atoms with E-state index in [0.717, 1.165) is 24.3 Å². The summed E-state index contributed by atoms with van der Waals surface area (Å²) in [6.45, 7) is 4.39. The highest BCUT2D eigenvalue weighted by molar-refractivity contribution is 5.81. The van der Waals surface area contributed by atoms with Crippen LogP contribution in [0.4, 0.5) is 0 Å². The van der Waals surface area contributed by atoms with Gasteiger partial charge in [0.2, 0.25) is 0 Å². The first-order valence-corrected chi connectivity index (χ1v) is 7.18. The van der Waals surface area contributed by atoms with Crippen LogP contribution in [0, 0.1) is 0 Å².